The van der Waals surface area contributed by atoms with E-state index in [1.165, 1.54) is 10.5 Å². The number of nitrogen functional groups attached to an aromatic ring is 1. The van der Waals surface area contributed by atoms with Gasteiger partial charge in [0, 0.05) is 5.69 Å². The van der Waals surface area contributed by atoms with Crippen LogP contribution in [0, 0.1) is 13.8 Å². The van der Waals surface area contributed by atoms with Crippen molar-refractivity contribution in [1.82, 2.24) is 0 Å². The number of benzene rings is 3. The second-order valence-corrected chi connectivity index (χ2v) is 6.24. The number of carbonyl (C=O) groups is 2. The Morgan fingerprint density at radius 2 is 1.07 bits per heavy atom. The lowest BCUT2D eigenvalue weighted by Crippen LogP contribution is -2.29. The number of hydrogen-bond acceptors (Lipinski definition) is 3. The minimum absolute atomic E-state index is 0. The molecule has 2 amide bonds. The summed E-state index contributed by atoms with van der Waals surface area (Å²) in [7, 11) is 0. The second-order valence-electron chi connectivity index (χ2n) is 6.24. The summed E-state index contributed by atoms with van der Waals surface area (Å²) in [6.07, 6.45) is 0. The van der Waals surface area contributed by atoms with Gasteiger partial charge in [0.25, 0.3) is 11.8 Å². The smallest absolute Gasteiger partial charge is 0.266 e. The number of rotatable bonds is 1. The predicted molar refractivity (Wildman–Crippen MR) is 111 cm³/mol. The quantitative estimate of drug-likeness (QED) is 0.490. The molecule has 0 atom stereocenters. The fourth-order valence-corrected chi connectivity index (χ4v) is 2.68. The third-order valence-corrected chi connectivity index (χ3v) is 4.16. The van der Waals surface area contributed by atoms with Gasteiger partial charge in [0.1, 0.15) is 0 Å². The molecule has 0 bridgehead atoms. The highest BCUT2D eigenvalue weighted by molar-refractivity contribution is 6.34. The summed E-state index contributed by atoms with van der Waals surface area (Å²) >= 11 is 0. The normalized spacial score (nSPS) is 12.0. The van der Waals surface area contributed by atoms with Crippen molar-refractivity contribution >= 4 is 23.2 Å². The molecule has 1 aliphatic heterocycles. The van der Waals surface area contributed by atoms with Gasteiger partial charge >= 0.3 is 0 Å². The van der Waals surface area contributed by atoms with E-state index < -0.39 is 0 Å². The highest BCUT2D eigenvalue weighted by atomic mass is 16.2. The van der Waals surface area contributed by atoms with Crippen LogP contribution in [0.25, 0.3) is 0 Å². The van der Waals surface area contributed by atoms with Gasteiger partial charge < -0.3 is 5.73 Å². The van der Waals surface area contributed by atoms with E-state index in [1.54, 1.807) is 36.4 Å². The van der Waals surface area contributed by atoms with E-state index in [4.69, 9.17) is 5.73 Å². The maximum Gasteiger partial charge on any atom is 0.266 e. The van der Waals surface area contributed by atoms with Crippen LogP contribution < -0.4 is 10.6 Å². The third-order valence-electron chi connectivity index (χ3n) is 4.16. The third kappa shape index (κ3) is 4.23. The molecule has 0 fully saturated rings. The van der Waals surface area contributed by atoms with Gasteiger partial charge in [0.05, 0.1) is 16.8 Å². The molecule has 0 aromatic heterocycles. The molecule has 3 aromatic carbocycles. The molecule has 1 aliphatic rings. The van der Waals surface area contributed by atoms with Gasteiger partial charge in [-0.2, -0.15) is 0 Å². The molecular weight excluding hydrogens is 336 g/mol. The average Bonchev–Trinajstić information content (AvgIpc) is 2.90. The largest absolute Gasteiger partial charge is 0.399 e. The maximum atomic E-state index is 12.2. The molecule has 0 aliphatic carbocycles. The Balaban J connectivity index is 0.000000247. The molecule has 0 unspecified atom stereocenters. The van der Waals surface area contributed by atoms with E-state index >= 15 is 0 Å². The Bertz CT molecular complexity index is 889. The molecule has 3 aromatic rings. The molecule has 0 saturated heterocycles. The van der Waals surface area contributed by atoms with Crippen molar-refractivity contribution in [3.63, 3.8) is 0 Å². The Labute approximate surface area is 160 Å². The van der Waals surface area contributed by atoms with Crippen molar-refractivity contribution in [2.45, 2.75) is 21.3 Å². The number of nitrogens with two attached hydrogens (primary N) is 1. The molecule has 0 saturated carbocycles. The fourth-order valence-electron chi connectivity index (χ4n) is 2.68. The van der Waals surface area contributed by atoms with Crippen LogP contribution in [0.5, 0.6) is 0 Å². The van der Waals surface area contributed by atoms with Crippen molar-refractivity contribution in [3.8, 4) is 0 Å². The van der Waals surface area contributed by atoms with E-state index in [0.717, 1.165) is 11.3 Å². The predicted octanol–water partition coefficient (Wildman–Crippen LogP) is 5.01. The number of fused-ring (bicyclic) bond motifs is 1. The van der Waals surface area contributed by atoms with Crippen molar-refractivity contribution in [3.05, 3.63) is 95.1 Å². The number of anilines is 2. The zero-order chi connectivity index (χ0) is 18.7. The van der Waals surface area contributed by atoms with Crippen LogP contribution in [0.1, 0.15) is 39.3 Å². The number of aryl methyl sites for hydroxylation is 2. The first-order chi connectivity index (χ1) is 12.5. The van der Waals surface area contributed by atoms with Gasteiger partial charge in [-0.15, -0.1) is 0 Å². The standard InChI is InChI=1S/C15H11NO2.C7H9N.CH4/c1-10-6-8-11(9-7-10)16-14(17)12-4-2-3-5-13(12)15(16)18;1-6-2-4-7(8)5-3-6;/h2-9H,1H3;2-5H,8H2,1H3;1H4. The first-order valence-electron chi connectivity index (χ1n) is 8.34. The second kappa shape index (κ2) is 8.32. The van der Waals surface area contributed by atoms with Gasteiger partial charge in [-0.25, -0.2) is 4.90 Å². The van der Waals surface area contributed by atoms with Gasteiger partial charge in [-0.05, 0) is 50.2 Å². The number of hydrogen-bond donors (Lipinski definition) is 1. The molecule has 4 heteroatoms. The van der Waals surface area contributed by atoms with Crippen LogP contribution in [0.15, 0.2) is 72.8 Å². The highest BCUT2D eigenvalue weighted by Crippen LogP contribution is 2.28. The molecule has 0 radical (unpaired) electrons. The number of nitrogens with zero attached hydrogens (tertiary/aromatic N) is 1. The van der Waals surface area contributed by atoms with Crippen LogP contribution in [-0.4, -0.2) is 11.8 Å². The molecule has 1 heterocycles. The molecule has 4 nitrogen and oxygen atoms in total. The van der Waals surface area contributed by atoms with E-state index in [0.29, 0.717) is 16.8 Å². The lowest BCUT2D eigenvalue weighted by Gasteiger charge is -2.13. The fraction of sp³-hybridized carbons (Fsp3) is 0.130. The first-order valence-corrected chi connectivity index (χ1v) is 8.34. The summed E-state index contributed by atoms with van der Waals surface area (Å²) in [6, 6.07) is 22.0. The van der Waals surface area contributed by atoms with Crippen molar-refractivity contribution in [2.75, 3.05) is 10.6 Å². The van der Waals surface area contributed by atoms with Crippen LogP contribution >= 0.6 is 0 Å². The Kier molecular flexibility index (Phi) is 6.14. The number of imide groups is 1. The van der Waals surface area contributed by atoms with Crippen molar-refractivity contribution in [2.24, 2.45) is 0 Å². The number of carbonyl (C=O) groups excluding carboxylic acids is 2. The van der Waals surface area contributed by atoms with Crippen molar-refractivity contribution < 1.29 is 9.59 Å². The Hall–Kier alpha value is -3.40. The maximum absolute atomic E-state index is 12.2. The highest BCUT2D eigenvalue weighted by Gasteiger charge is 2.35. The van der Waals surface area contributed by atoms with Crippen LogP contribution in [0.4, 0.5) is 11.4 Å². The SMILES string of the molecule is C.Cc1ccc(N)cc1.Cc1ccc(N2C(=O)c3ccccc3C2=O)cc1. The van der Waals surface area contributed by atoms with Crippen LogP contribution in [-0.2, 0) is 0 Å². The molecule has 4 rings (SSSR count). The average molecular weight is 360 g/mol. The summed E-state index contributed by atoms with van der Waals surface area (Å²) in [5, 5.41) is 0. The zero-order valence-electron chi connectivity index (χ0n) is 14.8. The topological polar surface area (TPSA) is 63.4 Å². The monoisotopic (exact) mass is 360 g/mol. The summed E-state index contributed by atoms with van der Waals surface area (Å²) < 4.78 is 0. The molecule has 2 N–H and O–H groups in total. The first kappa shape index (κ1) is 19.9. The molecular formula is C23H24N2O2. The summed E-state index contributed by atoms with van der Waals surface area (Å²) in [6.45, 7) is 4.01. The van der Waals surface area contributed by atoms with E-state index in [1.807, 2.05) is 50.2 Å². The van der Waals surface area contributed by atoms with E-state index in [9.17, 15) is 9.59 Å². The number of amides is 2. The molecule has 27 heavy (non-hydrogen) atoms. The van der Waals surface area contributed by atoms with Gasteiger partial charge in [0.2, 0.25) is 0 Å². The van der Waals surface area contributed by atoms with E-state index in [2.05, 4.69) is 0 Å². The lowest BCUT2D eigenvalue weighted by atomic mass is 10.1. The van der Waals surface area contributed by atoms with Crippen LogP contribution in [0.3, 0.4) is 0 Å². The van der Waals surface area contributed by atoms with Crippen LogP contribution in [0.2, 0.25) is 0 Å². The van der Waals surface area contributed by atoms with Gasteiger partial charge in [0.15, 0.2) is 0 Å². The molecule has 138 valence electrons. The lowest BCUT2D eigenvalue weighted by molar-refractivity contribution is 0.0926. The van der Waals surface area contributed by atoms with E-state index in [-0.39, 0.29) is 19.2 Å². The van der Waals surface area contributed by atoms with Gasteiger partial charge in [-0.3, -0.25) is 9.59 Å². The molecule has 0 spiro atoms. The summed E-state index contributed by atoms with van der Waals surface area (Å²) in [5.41, 5.74) is 10.2. The van der Waals surface area contributed by atoms with Crippen molar-refractivity contribution in [1.29, 1.82) is 0 Å². The minimum Gasteiger partial charge on any atom is -0.399 e. The Morgan fingerprint density at radius 1 is 0.667 bits per heavy atom. The minimum atomic E-state index is -0.251. The Morgan fingerprint density at radius 3 is 1.48 bits per heavy atom. The summed E-state index contributed by atoms with van der Waals surface area (Å²) in [4.78, 5) is 25.6. The van der Waals surface area contributed by atoms with Gasteiger partial charge in [-0.1, -0.05) is 55.0 Å². The zero-order valence-corrected chi connectivity index (χ0v) is 14.8. The summed E-state index contributed by atoms with van der Waals surface area (Å²) in [5.74, 6) is -0.501.